The first-order valence-electron chi connectivity index (χ1n) is 13.3. The second-order valence-electron chi connectivity index (χ2n) is 10.2. The maximum absolute atomic E-state index is 13.0. The Morgan fingerprint density at radius 1 is 1.10 bits per heavy atom. The van der Waals surface area contributed by atoms with Gasteiger partial charge in [-0.1, -0.05) is 32.0 Å². The summed E-state index contributed by atoms with van der Waals surface area (Å²) in [7, 11) is -3.36. The lowest BCUT2D eigenvalue weighted by molar-refractivity contribution is -0.184. The molecule has 1 aliphatic carbocycles. The van der Waals surface area contributed by atoms with E-state index >= 15 is 0 Å². The van der Waals surface area contributed by atoms with Crippen molar-refractivity contribution < 1.29 is 31.5 Å². The molecule has 1 aliphatic rings. The van der Waals surface area contributed by atoms with Crippen molar-refractivity contribution in [3.05, 3.63) is 59.3 Å². The van der Waals surface area contributed by atoms with Crippen molar-refractivity contribution in [1.29, 1.82) is 0 Å². The topological polar surface area (TPSA) is 101 Å². The Balaban J connectivity index is 1.48. The van der Waals surface area contributed by atoms with Crippen molar-refractivity contribution in [2.45, 2.75) is 69.6 Å². The highest BCUT2D eigenvalue weighted by atomic mass is 32.2. The van der Waals surface area contributed by atoms with E-state index in [0.717, 1.165) is 11.1 Å². The number of aliphatic hydroxyl groups excluding tert-OH is 1. The minimum absolute atomic E-state index is 0.0241. The predicted octanol–water partition coefficient (Wildman–Crippen LogP) is 5.22. The molecule has 2 aromatic carbocycles. The van der Waals surface area contributed by atoms with Crippen LogP contribution in [0.5, 0.6) is 0 Å². The number of aliphatic hydroxyl groups is 1. The lowest BCUT2D eigenvalue weighted by Crippen LogP contribution is -2.30. The first kappa shape index (κ1) is 29.1. The Morgan fingerprint density at radius 2 is 1.77 bits per heavy atom. The third kappa shape index (κ3) is 6.46. The van der Waals surface area contributed by atoms with Crippen LogP contribution in [-0.2, 0) is 22.8 Å². The van der Waals surface area contributed by atoms with Crippen LogP contribution in [0.4, 0.5) is 13.2 Å². The molecule has 0 radical (unpaired) electrons. The third-order valence-corrected chi connectivity index (χ3v) is 9.45. The lowest BCUT2D eigenvalue weighted by Gasteiger charge is -2.30. The third-order valence-electron chi connectivity index (χ3n) is 7.70. The van der Waals surface area contributed by atoms with Gasteiger partial charge in [0.25, 0.3) is 5.91 Å². The number of hydrogen-bond acceptors (Lipinski definition) is 5. The summed E-state index contributed by atoms with van der Waals surface area (Å²) in [6.07, 6.45) is -2.15. The summed E-state index contributed by atoms with van der Waals surface area (Å²) < 4.78 is 65.1. The molecule has 1 amide bonds. The van der Waals surface area contributed by atoms with Crippen molar-refractivity contribution in [3.8, 4) is 0 Å². The largest absolute Gasteiger partial charge is 0.394 e. The second-order valence-corrected chi connectivity index (χ2v) is 12.4. The van der Waals surface area contributed by atoms with Crippen LogP contribution in [0.2, 0.25) is 0 Å². The van der Waals surface area contributed by atoms with Crippen molar-refractivity contribution >= 4 is 26.6 Å². The van der Waals surface area contributed by atoms with E-state index < -0.39 is 33.9 Å². The molecule has 212 valence electrons. The van der Waals surface area contributed by atoms with E-state index in [4.69, 9.17) is 5.10 Å². The number of halogens is 3. The Labute approximate surface area is 226 Å². The highest BCUT2D eigenvalue weighted by Gasteiger charge is 2.41. The molecule has 1 saturated carbocycles. The van der Waals surface area contributed by atoms with Crippen molar-refractivity contribution in [2.24, 2.45) is 11.8 Å². The van der Waals surface area contributed by atoms with Gasteiger partial charge in [-0.15, -0.1) is 0 Å². The van der Waals surface area contributed by atoms with Crippen LogP contribution < -0.4 is 5.32 Å². The molecule has 39 heavy (non-hydrogen) atoms. The molecule has 7 nitrogen and oxygen atoms in total. The summed E-state index contributed by atoms with van der Waals surface area (Å²) >= 11 is 0. The quantitative estimate of drug-likeness (QED) is 0.370. The minimum atomic E-state index is -4.13. The average Bonchev–Trinajstić information content (AvgIpc) is 3.27. The van der Waals surface area contributed by atoms with Gasteiger partial charge >= 0.3 is 6.18 Å². The summed E-state index contributed by atoms with van der Waals surface area (Å²) in [5, 5.41) is 18.3. The van der Waals surface area contributed by atoms with E-state index in [1.54, 1.807) is 31.2 Å². The van der Waals surface area contributed by atoms with Crippen molar-refractivity contribution in [1.82, 2.24) is 15.1 Å². The van der Waals surface area contributed by atoms with Gasteiger partial charge in [0.05, 0.1) is 34.7 Å². The second kappa shape index (κ2) is 11.7. The van der Waals surface area contributed by atoms with Gasteiger partial charge in [0.2, 0.25) is 0 Å². The van der Waals surface area contributed by atoms with Gasteiger partial charge in [0.1, 0.15) is 0 Å². The SMILES string of the molecule is CCc1c2ccc(C(=O)N[C@@H](CO)c3ccc(S(=O)(=O)CC)cc3)cc2nn1CC1CCC(C(F)(F)F)CC1. The van der Waals surface area contributed by atoms with E-state index in [1.165, 1.54) is 12.1 Å². The molecule has 0 saturated heterocycles. The number of benzene rings is 2. The van der Waals surface area contributed by atoms with Crippen LogP contribution in [0.25, 0.3) is 10.9 Å². The van der Waals surface area contributed by atoms with Gasteiger partial charge < -0.3 is 10.4 Å². The Morgan fingerprint density at radius 3 is 2.33 bits per heavy atom. The number of alkyl halides is 3. The molecule has 3 aromatic rings. The number of nitrogens with one attached hydrogen (secondary N) is 1. The summed E-state index contributed by atoms with van der Waals surface area (Å²) in [6.45, 7) is 3.72. The van der Waals surface area contributed by atoms with Crippen LogP contribution in [0.3, 0.4) is 0 Å². The first-order chi connectivity index (χ1) is 18.5. The van der Waals surface area contributed by atoms with Gasteiger partial charge in [-0.25, -0.2) is 8.42 Å². The van der Waals surface area contributed by atoms with Gasteiger partial charge in [-0.2, -0.15) is 18.3 Å². The van der Waals surface area contributed by atoms with Crippen LogP contribution in [0.15, 0.2) is 47.4 Å². The van der Waals surface area contributed by atoms with E-state index in [-0.39, 0.29) is 36.0 Å². The summed E-state index contributed by atoms with van der Waals surface area (Å²) in [6, 6.07) is 10.5. The normalized spacial score (nSPS) is 19.2. The lowest BCUT2D eigenvalue weighted by atomic mass is 9.81. The van der Waals surface area contributed by atoms with E-state index in [0.29, 0.717) is 42.5 Å². The molecule has 1 atom stereocenters. The molecule has 0 spiro atoms. The number of aryl methyl sites for hydroxylation is 1. The zero-order chi connectivity index (χ0) is 28.4. The number of sulfone groups is 1. The monoisotopic (exact) mass is 565 g/mol. The Hall–Kier alpha value is -2.92. The van der Waals surface area contributed by atoms with Crippen molar-refractivity contribution in [2.75, 3.05) is 12.4 Å². The molecular formula is C28H34F3N3O4S. The van der Waals surface area contributed by atoms with Crippen molar-refractivity contribution in [3.63, 3.8) is 0 Å². The number of aromatic nitrogens is 2. The number of carbonyl (C=O) groups excluding carboxylic acids is 1. The van der Waals surface area contributed by atoms with Gasteiger partial charge in [0.15, 0.2) is 9.84 Å². The molecule has 0 unspecified atom stereocenters. The molecular weight excluding hydrogens is 531 g/mol. The number of amides is 1. The number of rotatable bonds is 9. The van der Waals surface area contributed by atoms with Gasteiger partial charge in [-0.05, 0) is 67.9 Å². The van der Waals surface area contributed by atoms with Crippen LogP contribution in [0, 0.1) is 11.8 Å². The Bertz CT molecular complexity index is 1410. The fraction of sp³-hybridized carbons (Fsp3) is 0.500. The van der Waals surface area contributed by atoms with Crippen LogP contribution in [0.1, 0.15) is 67.2 Å². The molecule has 0 bridgehead atoms. The Kier molecular flexibility index (Phi) is 8.70. The smallest absolute Gasteiger partial charge is 0.391 e. The molecule has 4 rings (SSSR count). The van der Waals surface area contributed by atoms with Gasteiger partial charge in [0, 0.05) is 23.2 Å². The number of carbonyl (C=O) groups is 1. The molecule has 1 aromatic heterocycles. The summed E-state index contributed by atoms with van der Waals surface area (Å²) in [5.41, 5.74) is 2.52. The fourth-order valence-corrected chi connectivity index (χ4v) is 6.20. The summed E-state index contributed by atoms with van der Waals surface area (Å²) in [4.78, 5) is 13.2. The van der Waals surface area contributed by atoms with Crippen LogP contribution in [-0.4, -0.2) is 47.7 Å². The molecule has 2 N–H and O–H groups in total. The van der Waals surface area contributed by atoms with E-state index in [1.807, 2.05) is 17.7 Å². The first-order valence-corrected chi connectivity index (χ1v) is 14.9. The van der Waals surface area contributed by atoms with Crippen LogP contribution >= 0.6 is 0 Å². The number of nitrogens with zero attached hydrogens (tertiary/aromatic N) is 2. The molecule has 11 heteroatoms. The number of hydrogen-bond donors (Lipinski definition) is 2. The predicted molar refractivity (Wildman–Crippen MR) is 142 cm³/mol. The average molecular weight is 566 g/mol. The zero-order valence-corrected chi connectivity index (χ0v) is 22.9. The number of fused-ring (bicyclic) bond motifs is 1. The maximum atomic E-state index is 13.0. The highest BCUT2D eigenvalue weighted by Crippen LogP contribution is 2.40. The molecule has 0 aliphatic heterocycles. The molecule has 1 heterocycles. The molecule has 1 fully saturated rings. The standard InChI is InChI=1S/C28H34F3N3O4S/c1-3-26-23-14-9-20(15-24(23)33-34(26)16-18-5-10-21(11-6-18)28(29,30)31)27(36)32-25(17-35)19-7-12-22(13-8-19)39(37,38)4-2/h7-9,12-15,18,21,25,35H,3-6,10-11,16-17H2,1-2H3,(H,32,36)/t18?,21?,25-/m0/s1. The zero-order valence-electron chi connectivity index (χ0n) is 22.0. The summed E-state index contributed by atoms with van der Waals surface area (Å²) in [5.74, 6) is -1.54. The minimum Gasteiger partial charge on any atom is -0.394 e. The maximum Gasteiger partial charge on any atom is 0.391 e. The highest BCUT2D eigenvalue weighted by molar-refractivity contribution is 7.91. The van der Waals surface area contributed by atoms with E-state index in [9.17, 15) is 31.5 Å². The fourth-order valence-electron chi connectivity index (χ4n) is 5.32. The van der Waals surface area contributed by atoms with Gasteiger partial charge in [-0.3, -0.25) is 9.48 Å². The van der Waals surface area contributed by atoms with E-state index in [2.05, 4.69) is 5.32 Å².